The van der Waals surface area contributed by atoms with Crippen LogP contribution < -0.4 is 0 Å². The van der Waals surface area contributed by atoms with E-state index in [1.165, 1.54) is 0 Å². The molecule has 1 saturated heterocycles. The molecule has 2 aromatic rings. The first-order valence-corrected chi connectivity index (χ1v) is 8.13. The molecule has 0 aliphatic carbocycles. The van der Waals surface area contributed by atoms with Crippen LogP contribution in [0.15, 0.2) is 42.7 Å². The van der Waals surface area contributed by atoms with Gasteiger partial charge in [-0.3, -0.25) is 14.3 Å². The van der Waals surface area contributed by atoms with Crippen molar-refractivity contribution in [2.24, 2.45) is 11.8 Å². The van der Waals surface area contributed by atoms with Gasteiger partial charge in [0.1, 0.15) is 0 Å². The second-order valence-corrected chi connectivity index (χ2v) is 6.32. The Bertz CT molecular complexity index is 727. The molecule has 24 heavy (non-hydrogen) atoms. The lowest BCUT2D eigenvalue weighted by Crippen LogP contribution is -2.45. The molecule has 0 spiro atoms. The van der Waals surface area contributed by atoms with Gasteiger partial charge >= 0.3 is 5.97 Å². The molecule has 126 valence electrons. The minimum Gasteiger partial charge on any atom is -0.481 e. The van der Waals surface area contributed by atoms with Crippen molar-refractivity contribution in [1.29, 1.82) is 0 Å². The van der Waals surface area contributed by atoms with Crippen molar-refractivity contribution >= 4 is 11.9 Å². The highest BCUT2D eigenvalue weighted by Crippen LogP contribution is 2.25. The number of rotatable bonds is 4. The van der Waals surface area contributed by atoms with E-state index < -0.39 is 5.97 Å². The zero-order chi connectivity index (χ0) is 17.1. The maximum Gasteiger partial charge on any atom is 0.306 e. The maximum atomic E-state index is 12.9. The maximum absolute atomic E-state index is 12.9. The SMILES string of the molecule is CC1CN(C(=O)c2ccccc2Cn2cccn2)CCC1C(=O)O. The molecule has 0 radical (unpaired) electrons. The predicted molar refractivity (Wildman–Crippen MR) is 88.6 cm³/mol. The molecule has 3 rings (SSSR count). The van der Waals surface area contributed by atoms with E-state index in [-0.39, 0.29) is 17.7 Å². The number of aliphatic carboxylic acids is 1. The largest absolute Gasteiger partial charge is 0.481 e. The molecule has 1 aliphatic heterocycles. The summed E-state index contributed by atoms with van der Waals surface area (Å²) in [6, 6.07) is 9.38. The standard InChI is InChI=1S/C18H21N3O3/c1-13-11-20(10-7-15(13)18(23)24)17(22)16-6-3-2-5-14(16)12-21-9-4-8-19-21/h2-6,8-9,13,15H,7,10-12H2,1H3,(H,23,24). The van der Waals surface area contributed by atoms with Crippen LogP contribution in [0.3, 0.4) is 0 Å². The highest BCUT2D eigenvalue weighted by Gasteiger charge is 2.33. The fourth-order valence-corrected chi connectivity index (χ4v) is 3.30. The highest BCUT2D eigenvalue weighted by atomic mass is 16.4. The minimum absolute atomic E-state index is 0.0338. The van der Waals surface area contributed by atoms with Crippen LogP contribution in [-0.2, 0) is 11.3 Å². The summed E-state index contributed by atoms with van der Waals surface area (Å²) < 4.78 is 1.78. The third kappa shape index (κ3) is 3.32. The molecule has 0 bridgehead atoms. The smallest absolute Gasteiger partial charge is 0.306 e. The molecule has 2 unspecified atom stereocenters. The molecule has 0 saturated carbocycles. The summed E-state index contributed by atoms with van der Waals surface area (Å²) in [7, 11) is 0. The first kappa shape index (κ1) is 16.2. The van der Waals surface area contributed by atoms with Gasteiger partial charge in [0.2, 0.25) is 0 Å². The molecular formula is C18H21N3O3. The van der Waals surface area contributed by atoms with Gasteiger partial charge in [0.25, 0.3) is 5.91 Å². The van der Waals surface area contributed by atoms with Crippen LogP contribution in [0.5, 0.6) is 0 Å². The number of aromatic nitrogens is 2. The number of carboxylic acids is 1. The van der Waals surface area contributed by atoms with Gasteiger partial charge in [-0.2, -0.15) is 5.10 Å². The van der Waals surface area contributed by atoms with Gasteiger partial charge in [-0.05, 0) is 30.0 Å². The summed E-state index contributed by atoms with van der Waals surface area (Å²) >= 11 is 0. The number of nitrogens with zero attached hydrogens (tertiary/aromatic N) is 3. The van der Waals surface area contributed by atoms with E-state index in [4.69, 9.17) is 0 Å². The van der Waals surface area contributed by atoms with Crippen molar-refractivity contribution in [3.05, 3.63) is 53.9 Å². The van der Waals surface area contributed by atoms with Crippen LogP contribution in [-0.4, -0.2) is 44.8 Å². The van der Waals surface area contributed by atoms with Crippen LogP contribution >= 0.6 is 0 Å². The number of hydrogen-bond donors (Lipinski definition) is 1. The Kier molecular flexibility index (Phi) is 4.64. The average molecular weight is 327 g/mol. The van der Waals surface area contributed by atoms with Gasteiger partial charge in [0, 0.05) is 31.0 Å². The summed E-state index contributed by atoms with van der Waals surface area (Å²) in [4.78, 5) is 25.9. The molecule has 1 aliphatic rings. The first-order chi connectivity index (χ1) is 11.6. The summed E-state index contributed by atoms with van der Waals surface area (Å²) in [5.41, 5.74) is 1.58. The topological polar surface area (TPSA) is 75.4 Å². The van der Waals surface area contributed by atoms with Crippen LogP contribution in [0.25, 0.3) is 0 Å². The summed E-state index contributed by atoms with van der Waals surface area (Å²) in [6.07, 6.45) is 4.08. The molecule has 1 fully saturated rings. The van der Waals surface area contributed by atoms with E-state index in [1.54, 1.807) is 15.8 Å². The average Bonchev–Trinajstić information content (AvgIpc) is 3.07. The van der Waals surface area contributed by atoms with Gasteiger partial charge in [0.05, 0.1) is 12.5 Å². The fourth-order valence-electron chi connectivity index (χ4n) is 3.30. The van der Waals surface area contributed by atoms with E-state index >= 15 is 0 Å². The Morgan fingerprint density at radius 1 is 1.29 bits per heavy atom. The number of amides is 1. The molecule has 6 heteroatoms. The van der Waals surface area contributed by atoms with Gasteiger partial charge < -0.3 is 10.0 Å². The molecule has 2 heterocycles. The Balaban J connectivity index is 1.77. The minimum atomic E-state index is -0.770. The van der Waals surface area contributed by atoms with Gasteiger partial charge in [0.15, 0.2) is 0 Å². The lowest BCUT2D eigenvalue weighted by atomic mass is 9.86. The van der Waals surface area contributed by atoms with E-state index in [9.17, 15) is 14.7 Å². The van der Waals surface area contributed by atoms with Crippen LogP contribution in [0, 0.1) is 11.8 Å². The van der Waals surface area contributed by atoms with Gasteiger partial charge in [-0.1, -0.05) is 25.1 Å². The quantitative estimate of drug-likeness (QED) is 0.933. The summed E-state index contributed by atoms with van der Waals surface area (Å²) in [5.74, 6) is -1.21. The number of carboxylic acid groups (broad SMARTS) is 1. The Labute approximate surface area is 140 Å². The second-order valence-electron chi connectivity index (χ2n) is 6.32. The molecule has 1 aromatic carbocycles. The van der Waals surface area contributed by atoms with Crippen molar-refractivity contribution in [2.75, 3.05) is 13.1 Å². The van der Waals surface area contributed by atoms with E-state index in [2.05, 4.69) is 5.10 Å². The van der Waals surface area contributed by atoms with Crippen LogP contribution in [0.4, 0.5) is 0 Å². The Morgan fingerprint density at radius 2 is 2.08 bits per heavy atom. The Morgan fingerprint density at radius 3 is 2.75 bits per heavy atom. The number of carbonyl (C=O) groups is 2. The number of likely N-dealkylation sites (tertiary alicyclic amines) is 1. The van der Waals surface area contributed by atoms with Crippen molar-refractivity contribution < 1.29 is 14.7 Å². The summed E-state index contributed by atoms with van der Waals surface area (Å²) in [6.45, 7) is 3.39. The second kappa shape index (κ2) is 6.86. The van der Waals surface area contributed by atoms with Crippen molar-refractivity contribution in [3.63, 3.8) is 0 Å². The lowest BCUT2D eigenvalue weighted by Gasteiger charge is -2.35. The van der Waals surface area contributed by atoms with E-state index in [1.807, 2.05) is 43.5 Å². The molecule has 2 atom stereocenters. The van der Waals surface area contributed by atoms with Gasteiger partial charge in [-0.15, -0.1) is 0 Å². The molecule has 1 aromatic heterocycles. The Hall–Kier alpha value is -2.63. The first-order valence-electron chi connectivity index (χ1n) is 8.13. The monoisotopic (exact) mass is 327 g/mol. The van der Waals surface area contributed by atoms with Crippen molar-refractivity contribution in [2.45, 2.75) is 19.9 Å². The fraction of sp³-hybridized carbons (Fsp3) is 0.389. The zero-order valence-electron chi connectivity index (χ0n) is 13.6. The third-order valence-electron chi connectivity index (χ3n) is 4.65. The van der Waals surface area contributed by atoms with Gasteiger partial charge in [-0.25, -0.2) is 0 Å². The highest BCUT2D eigenvalue weighted by molar-refractivity contribution is 5.95. The molecule has 1 amide bonds. The third-order valence-corrected chi connectivity index (χ3v) is 4.65. The zero-order valence-corrected chi connectivity index (χ0v) is 13.6. The summed E-state index contributed by atoms with van der Waals surface area (Å²) in [5, 5.41) is 13.4. The molecule has 1 N–H and O–H groups in total. The van der Waals surface area contributed by atoms with Crippen molar-refractivity contribution in [3.8, 4) is 0 Å². The number of piperidine rings is 1. The number of benzene rings is 1. The number of hydrogen-bond acceptors (Lipinski definition) is 3. The normalized spacial score (nSPS) is 20.8. The van der Waals surface area contributed by atoms with E-state index in [0.717, 1.165) is 5.56 Å². The molecule has 6 nitrogen and oxygen atoms in total. The molecular weight excluding hydrogens is 306 g/mol. The number of carbonyl (C=O) groups excluding carboxylic acids is 1. The lowest BCUT2D eigenvalue weighted by molar-refractivity contribution is -0.145. The van der Waals surface area contributed by atoms with Crippen LogP contribution in [0.2, 0.25) is 0 Å². The van der Waals surface area contributed by atoms with E-state index in [0.29, 0.717) is 31.6 Å². The predicted octanol–water partition coefficient (Wildman–Crippen LogP) is 2.11. The van der Waals surface area contributed by atoms with Crippen molar-refractivity contribution in [1.82, 2.24) is 14.7 Å². The van der Waals surface area contributed by atoms with Crippen LogP contribution in [0.1, 0.15) is 29.3 Å².